The van der Waals surface area contributed by atoms with Crippen molar-refractivity contribution < 1.29 is 42.8 Å². The number of carbonyl (C=O) groups excluding carboxylic acids is 5. The second kappa shape index (κ2) is 24.3. The average Bonchev–Trinajstić information content (AvgIpc) is 3.65. The molecule has 5 unspecified atom stereocenters. The van der Waals surface area contributed by atoms with Crippen molar-refractivity contribution in [1.82, 2.24) is 26.6 Å². The Bertz CT molecular complexity index is 1850. The van der Waals surface area contributed by atoms with Gasteiger partial charge in [0.1, 0.15) is 18.1 Å². The van der Waals surface area contributed by atoms with Crippen molar-refractivity contribution in [3.63, 3.8) is 0 Å². The predicted octanol–water partition coefficient (Wildman–Crippen LogP) is 4.25. The number of nitrogens with one attached hydrogen (secondary N) is 5. The van der Waals surface area contributed by atoms with E-state index in [4.69, 9.17) is 24.5 Å². The third kappa shape index (κ3) is 13.1. The maximum atomic E-state index is 13.8. The maximum Gasteiger partial charge on any atom is 0.478 e. The largest absolute Gasteiger partial charge is 0.478 e. The summed E-state index contributed by atoms with van der Waals surface area (Å²) in [5.41, 5.74) is 9.19. The molecule has 5 fully saturated rings. The number of nitrogens with two attached hydrogens (primary N) is 1. The molecule has 2 aromatic rings. The Hall–Kier alpha value is -4.35. The fraction of sp³-hybridized carbons (Fsp3) is 0.646. The monoisotopic (exact) mass is 889 g/mol. The van der Waals surface area contributed by atoms with E-state index in [0.29, 0.717) is 56.2 Å². The first-order chi connectivity index (χ1) is 30.8. The molecule has 2 aromatic carbocycles. The number of benzene rings is 2. The standard InChI is InChI=1S/C46H67BN6O9.C2H6/c1-5-6-11-30-13-15-31(16-14-30)32-17-19-33(20-18-32)41(55)52-35(12-7-8-21-48)44(58)53-37-28-60-23-10-9-22-59-27-36(51-40(54)26-49-42(37)56)43(57)50-29-47-61-39-25-34-24-38(45(34,2)3)46(39,4)62-47;1-2/h13-20,34-39H,5-12,21-29,48H2,1-4H3,(H,49,56)(H,50,57)(H,51,54)(H,52,55)(H,53,58);1-2H3/t34?,35?,36?,37?,38?,39-,46+;/m1./s1. The molecule has 0 radical (unpaired) electrons. The first-order valence-electron chi connectivity index (χ1n) is 23.7. The van der Waals surface area contributed by atoms with E-state index in [-0.39, 0.29) is 44.2 Å². The molecule has 5 amide bonds. The molecule has 0 spiro atoms. The van der Waals surface area contributed by atoms with Gasteiger partial charge >= 0.3 is 7.12 Å². The Kier molecular flexibility index (Phi) is 19.2. The molecule has 5 aliphatic rings. The minimum atomic E-state index is -1.18. The van der Waals surface area contributed by atoms with E-state index in [2.05, 4.69) is 78.5 Å². The number of hydrogen-bond acceptors (Lipinski definition) is 10. The molecule has 2 heterocycles. The van der Waals surface area contributed by atoms with E-state index in [0.717, 1.165) is 43.2 Å². The van der Waals surface area contributed by atoms with Gasteiger partial charge in [0.05, 0.1) is 37.9 Å². The summed E-state index contributed by atoms with van der Waals surface area (Å²) in [4.78, 5) is 67.4. The van der Waals surface area contributed by atoms with Crippen LogP contribution < -0.4 is 32.3 Å². The molecule has 7 N–H and O–H groups in total. The highest BCUT2D eigenvalue weighted by Gasteiger charge is 2.67. The average molecular weight is 889 g/mol. The van der Waals surface area contributed by atoms with E-state index in [1.807, 2.05) is 26.0 Å². The Labute approximate surface area is 380 Å². The Balaban J connectivity index is 0.00000380. The summed E-state index contributed by atoms with van der Waals surface area (Å²) < 4.78 is 24.3. The fourth-order valence-corrected chi connectivity index (χ4v) is 9.39. The summed E-state index contributed by atoms with van der Waals surface area (Å²) in [6.45, 7) is 13.1. The molecule has 2 bridgehead atoms. The number of amides is 5. The third-order valence-electron chi connectivity index (χ3n) is 13.4. The van der Waals surface area contributed by atoms with Crippen LogP contribution in [0.15, 0.2) is 48.5 Å². The number of hydrogen-bond donors (Lipinski definition) is 6. The van der Waals surface area contributed by atoms with Crippen LogP contribution in [0.25, 0.3) is 11.1 Å². The summed E-state index contributed by atoms with van der Waals surface area (Å²) in [5.74, 6) is -1.78. The number of rotatable bonds is 15. The van der Waals surface area contributed by atoms with Gasteiger partial charge in [-0.15, -0.1) is 0 Å². The molecule has 7 atom stereocenters. The van der Waals surface area contributed by atoms with Crippen LogP contribution in [0.5, 0.6) is 0 Å². The van der Waals surface area contributed by atoms with Crippen LogP contribution in [-0.2, 0) is 44.4 Å². The number of unbranched alkanes of at least 4 members (excludes halogenated alkanes) is 2. The number of aryl methyl sites for hydroxylation is 1. The van der Waals surface area contributed by atoms with Gasteiger partial charge in [0.15, 0.2) is 0 Å². The van der Waals surface area contributed by atoms with Crippen LogP contribution in [0.4, 0.5) is 0 Å². The lowest BCUT2D eigenvalue weighted by Crippen LogP contribution is -2.65. The number of ether oxygens (including phenoxy) is 2. The fourth-order valence-electron chi connectivity index (χ4n) is 9.39. The van der Waals surface area contributed by atoms with Crippen LogP contribution in [-0.4, -0.2) is 112 Å². The smallest absolute Gasteiger partial charge is 0.404 e. The van der Waals surface area contributed by atoms with Crippen molar-refractivity contribution in [1.29, 1.82) is 0 Å². The summed E-state index contributed by atoms with van der Waals surface area (Å²) >= 11 is 0. The van der Waals surface area contributed by atoms with Crippen LogP contribution in [0.2, 0.25) is 0 Å². The molecule has 352 valence electrons. The van der Waals surface area contributed by atoms with Gasteiger partial charge in [0.2, 0.25) is 23.6 Å². The lowest BCUT2D eigenvalue weighted by Gasteiger charge is -2.64. The maximum absolute atomic E-state index is 13.8. The van der Waals surface area contributed by atoms with Crippen LogP contribution in [0, 0.1) is 17.3 Å². The highest BCUT2D eigenvalue weighted by Crippen LogP contribution is 2.65. The second-order valence-corrected chi connectivity index (χ2v) is 18.1. The summed E-state index contributed by atoms with van der Waals surface area (Å²) in [7, 11) is -0.613. The van der Waals surface area contributed by atoms with Gasteiger partial charge in [-0.2, -0.15) is 0 Å². The molecule has 3 aliphatic carbocycles. The lowest BCUT2D eigenvalue weighted by molar-refractivity contribution is -0.199. The van der Waals surface area contributed by atoms with Crippen molar-refractivity contribution in [3.8, 4) is 11.1 Å². The van der Waals surface area contributed by atoms with Gasteiger partial charge in [-0.05, 0) is 117 Å². The van der Waals surface area contributed by atoms with Crippen LogP contribution >= 0.6 is 0 Å². The molecule has 16 heteroatoms. The first-order valence-corrected chi connectivity index (χ1v) is 23.7. The minimum Gasteiger partial charge on any atom is -0.404 e. The topological polar surface area (TPSA) is 208 Å². The van der Waals surface area contributed by atoms with Crippen molar-refractivity contribution in [2.45, 2.75) is 136 Å². The van der Waals surface area contributed by atoms with Crippen LogP contribution in [0.3, 0.4) is 0 Å². The zero-order chi connectivity index (χ0) is 46.3. The van der Waals surface area contributed by atoms with Crippen molar-refractivity contribution >= 4 is 36.7 Å². The van der Waals surface area contributed by atoms with Gasteiger partial charge in [-0.1, -0.05) is 77.4 Å². The van der Waals surface area contributed by atoms with Crippen molar-refractivity contribution in [3.05, 3.63) is 59.7 Å². The van der Waals surface area contributed by atoms with E-state index >= 15 is 0 Å². The molecule has 15 nitrogen and oxygen atoms in total. The molecule has 2 aliphatic heterocycles. The third-order valence-corrected chi connectivity index (χ3v) is 13.4. The van der Waals surface area contributed by atoms with E-state index < -0.39 is 66.9 Å². The summed E-state index contributed by atoms with van der Waals surface area (Å²) in [6.07, 6.45) is 8.10. The first kappa shape index (κ1) is 50.7. The molecule has 0 aromatic heterocycles. The van der Waals surface area contributed by atoms with Gasteiger partial charge in [-0.3, -0.25) is 24.0 Å². The zero-order valence-corrected chi connectivity index (χ0v) is 38.9. The van der Waals surface area contributed by atoms with Gasteiger partial charge in [0, 0.05) is 18.8 Å². The Morgan fingerprint density at radius 3 is 2.23 bits per heavy atom. The van der Waals surface area contributed by atoms with Crippen molar-refractivity contribution in [2.24, 2.45) is 23.0 Å². The van der Waals surface area contributed by atoms with Gasteiger partial charge < -0.3 is 51.1 Å². The highest BCUT2D eigenvalue weighted by molar-refractivity contribution is 6.46. The molecule has 7 rings (SSSR count). The zero-order valence-electron chi connectivity index (χ0n) is 38.9. The Morgan fingerprint density at radius 1 is 0.906 bits per heavy atom. The predicted molar refractivity (Wildman–Crippen MR) is 247 cm³/mol. The second-order valence-electron chi connectivity index (χ2n) is 18.1. The number of carbonyl (C=O) groups is 5. The van der Waals surface area contributed by atoms with Crippen LogP contribution in [0.1, 0.15) is 115 Å². The lowest BCUT2D eigenvalue weighted by atomic mass is 9.43. The summed E-state index contributed by atoms with van der Waals surface area (Å²) in [5, 5.41) is 13.7. The van der Waals surface area contributed by atoms with Crippen molar-refractivity contribution in [2.75, 3.05) is 46.0 Å². The minimum absolute atomic E-state index is 0.0304. The van der Waals surface area contributed by atoms with E-state index in [1.165, 1.54) is 5.56 Å². The van der Waals surface area contributed by atoms with E-state index in [1.54, 1.807) is 12.1 Å². The van der Waals surface area contributed by atoms with E-state index in [9.17, 15) is 24.0 Å². The SMILES string of the molecule is CC.CCCCc1ccc(-c2ccc(C(=O)NC(CCCCN)C(=O)NC3COCCCCOCC(C(=O)NCB4O[C@@H]5CC6CC(C6(C)C)[C@]5(C)O4)NC(=O)CNC3=O)cc2)cc1. The molecule has 64 heavy (non-hydrogen) atoms. The summed E-state index contributed by atoms with van der Waals surface area (Å²) in [6, 6.07) is 12.4. The molecule has 2 saturated heterocycles. The molecular weight excluding hydrogens is 815 g/mol. The quantitative estimate of drug-likeness (QED) is 0.111. The van der Waals surface area contributed by atoms with Gasteiger partial charge in [0.25, 0.3) is 5.91 Å². The highest BCUT2D eigenvalue weighted by atomic mass is 16.7. The molecule has 3 saturated carbocycles. The Morgan fingerprint density at radius 2 is 1.58 bits per heavy atom. The van der Waals surface area contributed by atoms with Gasteiger partial charge in [-0.25, -0.2) is 0 Å². The normalized spacial score (nSPS) is 26.2. The molecular formula is C48H73BN6O9.